The van der Waals surface area contributed by atoms with Gasteiger partial charge >= 0.3 is 0 Å². The van der Waals surface area contributed by atoms with Crippen LogP contribution < -0.4 is 9.47 Å². The van der Waals surface area contributed by atoms with Gasteiger partial charge in [0.15, 0.2) is 11.5 Å². The van der Waals surface area contributed by atoms with Gasteiger partial charge < -0.3 is 14.6 Å². The molecule has 3 rings (SSSR count). The summed E-state index contributed by atoms with van der Waals surface area (Å²) in [6.07, 6.45) is 1.61. The molecule has 6 nitrogen and oxygen atoms in total. The van der Waals surface area contributed by atoms with Gasteiger partial charge in [-0.2, -0.15) is 0 Å². The second-order valence-electron chi connectivity index (χ2n) is 7.43. The van der Waals surface area contributed by atoms with Gasteiger partial charge in [0.1, 0.15) is 12.4 Å². The molecule has 1 aliphatic rings. The maximum absolute atomic E-state index is 12.8. The summed E-state index contributed by atoms with van der Waals surface area (Å²) >= 11 is 4.14. The number of amides is 2. The van der Waals surface area contributed by atoms with Crippen molar-refractivity contribution < 1.29 is 24.2 Å². The lowest BCUT2D eigenvalue weighted by atomic mass is 10.0. The fraction of sp³-hybridized carbons (Fsp3) is 0.304. The van der Waals surface area contributed by atoms with E-state index in [1.54, 1.807) is 18.2 Å². The molecule has 2 amide bonds. The molecule has 0 saturated carbocycles. The smallest absolute Gasteiger partial charge is 0.293 e. The Labute approximate surface area is 194 Å². The van der Waals surface area contributed by atoms with Gasteiger partial charge in [-0.15, -0.1) is 0 Å². The molecule has 1 fully saturated rings. The number of aryl methyl sites for hydroxylation is 1. The van der Waals surface area contributed by atoms with Crippen LogP contribution in [0.15, 0.2) is 39.7 Å². The maximum Gasteiger partial charge on any atom is 0.293 e. The molecule has 0 bridgehead atoms. The van der Waals surface area contributed by atoms with Gasteiger partial charge in [0, 0.05) is 0 Å². The Morgan fingerprint density at radius 1 is 1.19 bits per heavy atom. The predicted molar refractivity (Wildman–Crippen MR) is 126 cm³/mol. The molecule has 0 spiro atoms. The third kappa shape index (κ3) is 5.25. The zero-order valence-electron chi connectivity index (χ0n) is 17.8. The Hall–Kier alpha value is -2.45. The SMILES string of the molecule is COc1cc(/C=C2\SC(=O)N(CCOc3cc(C)ccc3C(C)C)C2=O)cc(Br)c1O. The highest BCUT2D eigenvalue weighted by molar-refractivity contribution is 9.10. The summed E-state index contributed by atoms with van der Waals surface area (Å²) in [4.78, 5) is 26.7. The standard InChI is InChI=1S/C23H24BrNO5S/c1-13(2)16-6-5-14(3)9-18(16)30-8-7-25-22(27)20(31-23(25)28)12-15-10-17(24)21(26)19(11-15)29-4/h5-6,9-13,26H,7-8H2,1-4H3/b20-12-. The first-order chi connectivity index (χ1) is 14.7. The molecular weight excluding hydrogens is 482 g/mol. The van der Waals surface area contributed by atoms with Gasteiger partial charge in [-0.05, 0) is 81.5 Å². The van der Waals surface area contributed by atoms with E-state index in [1.165, 1.54) is 12.0 Å². The van der Waals surface area contributed by atoms with Crippen LogP contribution in [0.25, 0.3) is 6.08 Å². The maximum atomic E-state index is 12.8. The first kappa shape index (κ1) is 23.2. The van der Waals surface area contributed by atoms with E-state index >= 15 is 0 Å². The summed E-state index contributed by atoms with van der Waals surface area (Å²) in [5.41, 5.74) is 2.81. The number of methoxy groups -OCH3 is 1. The van der Waals surface area contributed by atoms with E-state index in [0.29, 0.717) is 20.9 Å². The Bertz CT molecular complexity index is 1050. The van der Waals surface area contributed by atoms with Crippen molar-refractivity contribution in [1.82, 2.24) is 4.90 Å². The van der Waals surface area contributed by atoms with Crippen molar-refractivity contribution in [3.05, 3.63) is 56.4 Å². The first-order valence-corrected chi connectivity index (χ1v) is 11.4. The second kappa shape index (κ2) is 9.78. The van der Waals surface area contributed by atoms with Crippen LogP contribution in [0, 0.1) is 6.92 Å². The molecule has 1 saturated heterocycles. The Balaban J connectivity index is 1.71. The lowest BCUT2D eigenvalue weighted by molar-refractivity contribution is -0.123. The number of rotatable bonds is 7. The zero-order chi connectivity index (χ0) is 22.7. The third-order valence-electron chi connectivity index (χ3n) is 4.81. The minimum atomic E-state index is -0.366. The number of nitrogens with zero attached hydrogens (tertiary/aromatic N) is 1. The molecule has 1 aliphatic heterocycles. The molecule has 0 aliphatic carbocycles. The fourth-order valence-electron chi connectivity index (χ4n) is 3.17. The summed E-state index contributed by atoms with van der Waals surface area (Å²) in [5, 5.41) is 9.60. The summed E-state index contributed by atoms with van der Waals surface area (Å²) in [6, 6.07) is 9.31. The number of hydrogen-bond donors (Lipinski definition) is 1. The summed E-state index contributed by atoms with van der Waals surface area (Å²) < 4.78 is 11.5. The number of halogens is 1. The molecule has 164 valence electrons. The Kier molecular flexibility index (Phi) is 7.33. The van der Waals surface area contributed by atoms with Crippen LogP contribution in [-0.4, -0.2) is 41.4 Å². The van der Waals surface area contributed by atoms with Crippen LogP contribution in [0.5, 0.6) is 17.2 Å². The van der Waals surface area contributed by atoms with Gasteiger partial charge in [-0.3, -0.25) is 14.5 Å². The molecule has 31 heavy (non-hydrogen) atoms. The van der Waals surface area contributed by atoms with E-state index in [0.717, 1.165) is 28.6 Å². The van der Waals surface area contributed by atoms with Gasteiger partial charge in [0.25, 0.3) is 11.1 Å². The number of hydrogen-bond acceptors (Lipinski definition) is 6. The number of aromatic hydroxyl groups is 1. The van der Waals surface area contributed by atoms with Crippen LogP contribution in [-0.2, 0) is 4.79 Å². The fourth-order valence-corrected chi connectivity index (χ4v) is 4.49. The average Bonchev–Trinajstić information content (AvgIpc) is 2.97. The number of thioether (sulfide) groups is 1. The third-order valence-corrected chi connectivity index (χ3v) is 6.32. The van der Waals surface area contributed by atoms with Crippen LogP contribution in [0.4, 0.5) is 4.79 Å². The first-order valence-electron chi connectivity index (χ1n) is 9.76. The van der Waals surface area contributed by atoms with E-state index in [2.05, 4.69) is 29.8 Å². The summed E-state index contributed by atoms with van der Waals surface area (Å²) in [5.74, 6) is 0.959. The number of benzene rings is 2. The molecule has 8 heteroatoms. The second-order valence-corrected chi connectivity index (χ2v) is 9.28. The summed E-state index contributed by atoms with van der Waals surface area (Å²) in [6.45, 7) is 6.56. The van der Waals surface area contributed by atoms with Crippen molar-refractivity contribution in [2.45, 2.75) is 26.7 Å². The minimum Gasteiger partial charge on any atom is -0.503 e. The summed E-state index contributed by atoms with van der Waals surface area (Å²) in [7, 11) is 1.44. The number of phenols is 1. The van der Waals surface area contributed by atoms with Crippen molar-refractivity contribution in [1.29, 1.82) is 0 Å². The molecule has 2 aromatic carbocycles. The lowest BCUT2D eigenvalue weighted by Gasteiger charge is -2.17. The number of carbonyl (C=O) groups excluding carboxylic acids is 2. The molecule has 0 aromatic heterocycles. The van der Waals surface area contributed by atoms with Gasteiger partial charge in [0.2, 0.25) is 0 Å². The largest absolute Gasteiger partial charge is 0.503 e. The Morgan fingerprint density at radius 3 is 2.61 bits per heavy atom. The van der Waals surface area contributed by atoms with Crippen LogP contribution >= 0.6 is 27.7 Å². The highest BCUT2D eigenvalue weighted by Gasteiger charge is 2.35. The number of imide groups is 1. The van der Waals surface area contributed by atoms with Gasteiger partial charge in [-0.1, -0.05) is 26.0 Å². The van der Waals surface area contributed by atoms with Gasteiger partial charge in [0.05, 0.1) is 23.0 Å². The van der Waals surface area contributed by atoms with Crippen LogP contribution in [0.1, 0.15) is 36.5 Å². The van der Waals surface area contributed by atoms with E-state index in [4.69, 9.17) is 9.47 Å². The quantitative estimate of drug-likeness (QED) is 0.485. The highest BCUT2D eigenvalue weighted by atomic mass is 79.9. The van der Waals surface area contributed by atoms with Crippen LogP contribution in [0.2, 0.25) is 0 Å². The zero-order valence-corrected chi connectivity index (χ0v) is 20.2. The normalized spacial score (nSPS) is 15.3. The Morgan fingerprint density at radius 2 is 1.94 bits per heavy atom. The molecule has 0 atom stereocenters. The van der Waals surface area contributed by atoms with Crippen molar-refractivity contribution in [2.24, 2.45) is 0 Å². The average molecular weight is 506 g/mol. The molecule has 0 radical (unpaired) electrons. The van der Waals surface area contributed by atoms with E-state index < -0.39 is 0 Å². The molecule has 1 heterocycles. The number of phenolic OH excluding ortho intramolecular Hbond substituents is 1. The van der Waals surface area contributed by atoms with Crippen molar-refractivity contribution in [2.75, 3.05) is 20.3 Å². The van der Waals surface area contributed by atoms with E-state index in [9.17, 15) is 14.7 Å². The lowest BCUT2D eigenvalue weighted by Crippen LogP contribution is -2.32. The predicted octanol–water partition coefficient (Wildman–Crippen LogP) is 5.71. The van der Waals surface area contributed by atoms with Gasteiger partial charge in [-0.25, -0.2) is 0 Å². The highest BCUT2D eigenvalue weighted by Crippen LogP contribution is 2.38. The monoisotopic (exact) mass is 505 g/mol. The van der Waals surface area contributed by atoms with Crippen molar-refractivity contribution in [3.63, 3.8) is 0 Å². The van der Waals surface area contributed by atoms with Crippen molar-refractivity contribution >= 4 is 44.9 Å². The molecular formula is C23H24BrNO5S. The molecule has 1 N–H and O–H groups in total. The molecule has 2 aromatic rings. The van der Waals surface area contributed by atoms with Crippen LogP contribution in [0.3, 0.4) is 0 Å². The van der Waals surface area contributed by atoms with E-state index in [1.807, 2.05) is 25.1 Å². The number of ether oxygens (including phenoxy) is 2. The number of carbonyl (C=O) groups is 2. The molecule has 0 unspecified atom stereocenters. The van der Waals surface area contributed by atoms with Crippen molar-refractivity contribution in [3.8, 4) is 17.2 Å². The minimum absolute atomic E-state index is 0.0261. The van der Waals surface area contributed by atoms with E-state index in [-0.39, 0.29) is 35.8 Å². The topological polar surface area (TPSA) is 76.1 Å².